The molecule has 3 aromatic rings. The Kier molecular flexibility index (Phi) is 7.02. The number of ether oxygens (including phenoxy) is 2. The zero-order valence-corrected chi connectivity index (χ0v) is 16.0. The van der Waals surface area contributed by atoms with E-state index in [1.165, 1.54) is 5.56 Å². The topological polar surface area (TPSA) is 35.5 Å². The summed E-state index contributed by atoms with van der Waals surface area (Å²) in [5.74, 6) is 0.710. The van der Waals surface area contributed by atoms with Gasteiger partial charge in [0.25, 0.3) is 0 Å². The Balaban J connectivity index is 1.69. The molecule has 0 aliphatic carbocycles. The molecule has 28 heavy (non-hydrogen) atoms. The van der Waals surface area contributed by atoms with Gasteiger partial charge in [0.05, 0.1) is 0 Å². The van der Waals surface area contributed by atoms with E-state index in [9.17, 15) is 4.79 Å². The van der Waals surface area contributed by atoms with E-state index in [-0.39, 0.29) is 12.5 Å². The minimum atomic E-state index is -0.703. The van der Waals surface area contributed by atoms with Crippen LogP contribution in [-0.4, -0.2) is 6.16 Å². The van der Waals surface area contributed by atoms with Crippen LogP contribution in [0.5, 0.6) is 0 Å². The van der Waals surface area contributed by atoms with Gasteiger partial charge in [-0.25, -0.2) is 4.79 Å². The van der Waals surface area contributed by atoms with Crippen LogP contribution in [0.2, 0.25) is 0 Å². The molecule has 0 aliphatic heterocycles. The number of allylic oxidation sites excluding steroid dienone is 1. The van der Waals surface area contributed by atoms with E-state index in [1.54, 1.807) is 0 Å². The van der Waals surface area contributed by atoms with Crippen LogP contribution in [-0.2, 0) is 22.5 Å². The Morgan fingerprint density at radius 3 is 1.96 bits per heavy atom. The third-order valence-corrected chi connectivity index (χ3v) is 4.29. The predicted molar refractivity (Wildman–Crippen MR) is 111 cm³/mol. The van der Waals surface area contributed by atoms with Crippen LogP contribution >= 0.6 is 0 Å². The molecule has 3 nitrogen and oxygen atoms in total. The average Bonchev–Trinajstić information content (AvgIpc) is 2.74. The fourth-order valence-corrected chi connectivity index (χ4v) is 2.93. The molecule has 0 bridgehead atoms. The Labute approximate surface area is 166 Å². The molecule has 3 aromatic carbocycles. The Morgan fingerprint density at radius 2 is 1.36 bits per heavy atom. The van der Waals surface area contributed by atoms with Crippen LogP contribution in [0.4, 0.5) is 4.79 Å². The normalized spacial score (nSPS) is 12.2. The number of benzene rings is 3. The number of hydrogen-bond acceptors (Lipinski definition) is 3. The zero-order chi connectivity index (χ0) is 19.6. The molecule has 0 aliphatic rings. The molecule has 1 atom stereocenters. The van der Waals surface area contributed by atoms with Gasteiger partial charge in [0.15, 0.2) is 0 Å². The number of hydrogen-bond donors (Lipinski definition) is 0. The van der Waals surface area contributed by atoms with Gasteiger partial charge in [0.2, 0.25) is 0 Å². The molecule has 0 fully saturated rings. The summed E-state index contributed by atoms with van der Waals surface area (Å²) < 4.78 is 10.8. The molecular weight excluding hydrogens is 348 g/mol. The highest BCUT2D eigenvalue weighted by atomic mass is 16.7. The number of rotatable bonds is 7. The van der Waals surface area contributed by atoms with Crippen LogP contribution in [0.3, 0.4) is 0 Å². The lowest BCUT2D eigenvalue weighted by atomic mass is 9.99. The molecular formula is C25H24O3. The Bertz CT molecular complexity index is 887. The van der Waals surface area contributed by atoms with Gasteiger partial charge in [-0.15, -0.1) is 0 Å². The lowest BCUT2D eigenvalue weighted by molar-refractivity contribution is 0.0841. The van der Waals surface area contributed by atoms with Gasteiger partial charge in [0.1, 0.15) is 12.4 Å². The first-order valence-corrected chi connectivity index (χ1v) is 9.40. The van der Waals surface area contributed by atoms with Gasteiger partial charge >= 0.3 is 6.16 Å². The molecule has 0 N–H and O–H groups in total. The summed E-state index contributed by atoms with van der Waals surface area (Å²) in [5.41, 5.74) is 3.01. The second-order valence-corrected chi connectivity index (χ2v) is 6.69. The van der Waals surface area contributed by atoms with Crippen molar-refractivity contribution >= 4 is 11.9 Å². The van der Waals surface area contributed by atoms with E-state index in [0.717, 1.165) is 17.5 Å². The second-order valence-electron chi connectivity index (χ2n) is 6.69. The van der Waals surface area contributed by atoms with E-state index in [2.05, 4.69) is 19.1 Å². The van der Waals surface area contributed by atoms with E-state index < -0.39 is 6.16 Å². The summed E-state index contributed by atoms with van der Waals surface area (Å²) in [6, 6.07) is 29.4. The number of carbonyl (C=O) groups is 1. The molecule has 0 heterocycles. The summed E-state index contributed by atoms with van der Waals surface area (Å²) in [5, 5.41) is 0. The van der Waals surface area contributed by atoms with Gasteiger partial charge in [0, 0.05) is 5.56 Å². The maximum atomic E-state index is 12.3. The highest BCUT2D eigenvalue weighted by molar-refractivity contribution is 5.73. The molecule has 3 rings (SSSR count). The summed E-state index contributed by atoms with van der Waals surface area (Å²) in [4.78, 5) is 12.3. The molecule has 142 valence electrons. The summed E-state index contributed by atoms with van der Waals surface area (Å²) >= 11 is 0. The zero-order valence-electron chi connectivity index (χ0n) is 16.0. The lowest BCUT2D eigenvalue weighted by Crippen LogP contribution is -2.08. The minimum absolute atomic E-state index is 0.182. The monoisotopic (exact) mass is 372 g/mol. The van der Waals surface area contributed by atoms with Gasteiger partial charge in [-0.05, 0) is 29.5 Å². The molecule has 0 aromatic heterocycles. The maximum absolute atomic E-state index is 12.3. The first-order valence-electron chi connectivity index (χ1n) is 9.40. The van der Waals surface area contributed by atoms with Gasteiger partial charge < -0.3 is 9.47 Å². The number of carbonyl (C=O) groups excluding carboxylic acids is 1. The van der Waals surface area contributed by atoms with Crippen molar-refractivity contribution in [1.29, 1.82) is 0 Å². The highest BCUT2D eigenvalue weighted by Crippen LogP contribution is 2.21. The molecule has 0 amide bonds. The van der Waals surface area contributed by atoms with Crippen LogP contribution in [0.25, 0.3) is 5.76 Å². The lowest BCUT2D eigenvalue weighted by Gasteiger charge is -2.13. The molecule has 0 saturated heterocycles. The van der Waals surface area contributed by atoms with E-state index in [4.69, 9.17) is 9.47 Å². The second kappa shape index (κ2) is 10.1. The third kappa shape index (κ3) is 6.13. The largest absolute Gasteiger partial charge is 0.514 e. The highest BCUT2D eigenvalue weighted by Gasteiger charge is 2.13. The fraction of sp³-hybridized carbons (Fsp3) is 0.160. The third-order valence-electron chi connectivity index (χ3n) is 4.29. The molecule has 0 radical (unpaired) electrons. The van der Waals surface area contributed by atoms with E-state index in [1.807, 2.05) is 84.9 Å². The van der Waals surface area contributed by atoms with Crippen molar-refractivity contribution in [2.24, 2.45) is 5.92 Å². The minimum Gasteiger partial charge on any atom is -0.429 e. The summed E-state index contributed by atoms with van der Waals surface area (Å²) in [6.07, 6.45) is 2.14. The van der Waals surface area contributed by atoms with E-state index >= 15 is 0 Å². The van der Waals surface area contributed by atoms with Crippen molar-refractivity contribution in [2.75, 3.05) is 0 Å². The molecule has 0 saturated carbocycles. The fourth-order valence-electron chi connectivity index (χ4n) is 2.93. The molecule has 3 heteroatoms. The Morgan fingerprint density at radius 1 is 0.821 bits per heavy atom. The van der Waals surface area contributed by atoms with Crippen molar-refractivity contribution in [3.8, 4) is 0 Å². The van der Waals surface area contributed by atoms with Crippen molar-refractivity contribution in [3.05, 3.63) is 114 Å². The van der Waals surface area contributed by atoms with Crippen LogP contribution < -0.4 is 0 Å². The quantitative estimate of drug-likeness (QED) is 0.363. The van der Waals surface area contributed by atoms with Gasteiger partial charge in [-0.1, -0.05) is 97.9 Å². The molecule has 0 spiro atoms. The Hall–Kier alpha value is -3.33. The van der Waals surface area contributed by atoms with Crippen molar-refractivity contribution in [1.82, 2.24) is 0 Å². The maximum Gasteiger partial charge on any atom is 0.514 e. The van der Waals surface area contributed by atoms with Crippen LogP contribution in [0, 0.1) is 5.92 Å². The SMILES string of the molecule is C[C@H](/C=C(/OC(=O)OCc1ccccc1)c1ccccc1)Cc1ccccc1. The predicted octanol–water partition coefficient (Wildman–Crippen LogP) is 6.26. The average molecular weight is 372 g/mol. The van der Waals surface area contributed by atoms with Crippen molar-refractivity contribution in [3.63, 3.8) is 0 Å². The first kappa shape index (κ1) is 19.4. The van der Waals surface area contributed by atoms with E-state index in [0.29, 0.717) is 5.76 Å². The smallest absolute Gasteiger partial charge is 0.429 e. The summed E-state index contributed by atoms with van der Waals surface area (Å²) in [7, 11) is 0. The van der Waals surface area contributed by atoms with Crippen molar-refractivity contribution < 1.29 is 14.3 Å². The standard InChI is InChI=1S/C25H24O3/c1-20(17-21-11-5-2-6-12-21)18-24(23-15-9-4-10-16-23)28-25(26)27-19-22-13-7-3-8-14-22/h2-16,18,20H,17,19H2,1H3/b24-18+/t20-/m0/s1. The van der Waals surface area contributed by atoms with Crippen LogP contribution in [0.1, 0.15) is 23.6 Å². The van der Waals surface area contributed by atoms with Crippen molar-refractivity contribution in [2.45, 2.75) is 20.0 Å². The van der Waals surface area contributed by atoms with Gasteiger partial charge in [-0.2, -0.15) is 0 Å². The molecule has 0 unspecified atom stereocenters. The first-order chi connectivity index (χ1) is 13.7. The van der Waals surface area contributed by atoms with Crippen LogP contribution in [0.15, 0.2) is 97.1 Å². The summed E-state index contributed by atoms with van der Waals surface area (Å²) in [6.45, 7) is 2.29. The van der Waals surface area contributed by atoms with Gasteiger partial charge in [-0.3, -0.25) is 0 Å².